The van der Waals surface area contributed by atoms with E-state index < -0.39 is 0 Å². The number of nitrogens with one attached hydrogen (secondary N) is 1. The van der Waals surface area contributed by atoms with Gasteiger partial charge in [-0.25, -0.2) is 0 Å². The zero-order valence-corrected chi connectivity index (χ0v) is 15.8. The van der Waals surface area contributed by atoms with E-state index in [-0.39, 0.29) is 12.5 Å². The molecule has 0 aliphatic carbocycles. The molecular formula is C23H19N3O3. The summed E-state index contributed by atoms with van der Waals surface area (Å²) in [7, 11) is 0. The van der Waals surface area contributed by atoms with Crippen LogP contribution in [0, 0.1) is 6.92 Å². The minimum atomic E-state index is -0.234. The van der Waals surface area contributed by atoms with E-state index in [1.807, 2.05) is 73.7 Å². The fraction of sp³-hybridized carbons (Fsp3) is 0.0870. The van der Waals surface area contributed by atoms with Crippen molar-refractivity contribution in [2.75, 3.05) is 11.9 Å². The molecule has 0 radical (unpaired) electrons. The molecule has 1 heterocycles. The van der Waals surface area contributed by atoms with Crippen molar-refractivity contribution >= 4 is 11.6 Å². The second-order valence-electron chi connectivity index (χ2n) is 6.52. The molecule has 6 nitrogen and oxygen atoms in total. The molecule has 1 N–H and O–H groups in total. The number of nitrogens with zero attached hydrogens (tertiary/aromatic N) is 2. The van der Waals surface area contributed by atoms with Crippen LogP contribution in [0.15, 0.2) is 83.4 Å². The van der Waals surface area contributed by atoms with Crippen LogP contribution in [0.4, 0.5) is 5.69 Å². The van der Waals surface area contributed by atoms with Crippen LogP contribution >= 0.6 is 0 Å². The highest BCUT2D eigenvalue weighted by Crippen LogP contribution is 2.23. The summed E-state index contributed by atoms with van der Waals surface area (Å²) in [4.78, 5) is 16.5. The van der Waals surface area contributed by atoms with Gasteiger partial charge in [-0.3, -0.25) is 4.79 Å². The van der Waals surface area contributed by atoms with Crippen molar-refractivity contribution in [3.05, 3.63) is 84.4 Å². The summed E-state index contributed by atoms with van der Waals surface area (Å²) in [6.07, 6.45) is 0. The van der Waals surface area contributed by atoms with E-state index in [0.717, 1.165) is 16.7 Å². The van der Waals surface area contributed by atoms with Crippen LogP contribution in [0.1, 0.15) is 5.56 Å². The molecule has 0 bridgehead atoms. The van der Waals surface area contributed by atoms with E-state index in [1.165, 1.54) is 0 Å². The summed E-state index contributed by atoms with van der Waals surface area (Å²) >= 11 is 0. The third-order valence-electron chi connectivity index (χ3n) is 4.26. The number of rotatable bonds is 6. The standard InChI is InChI=1S/C23H19N3O3/c1-16-7-13-20(14-8-16)28-15-21(27)24-19-11-9-18(10-12-19)23-25-22(26-29-23)17-5-3-2-4-6-17/h2-14H,15H2,1H3,(H,24,27). The van der Waals surface area contributed by atoms with Crippen LogP contribution in [-0.4, -0.2) is 22.7 Å². The van der Waals surface area contributed by atoms with Gasteiger partial charge in [0.15, 0.2) is 6.61 Å². The summed E-state index contributed by atoms with van der Waals surface area (Å²) in [6, 6.07) is 24.4. The number of aromatic nitrogens is 2. The van der Waals surface area contributed by atoms with Crippen molar-refractivity contribution in [2.45, 2.75) is 6.92 Å². The average molecular weight is 385 g/mol. The van der Waals surface area contributed by atoms with Crippen LogP contribution in [-0.2, 0) is 4.79 Å². The van der Waals surface area contributed by atoms with E-state index in [0.29, 0.717) is 23.2 Å². The van der Waals surface area contributed by atoms with E-state index in [2.05, 4.69) is 15.5 Å². The predicted octanol–water partition coefficient (Wildman–Crippen LogP) is 4.73. The maximum atomic E-state index is 12.1. The van der Waals surface area contributed by atoms with Crippen molar-refractivity contribution < 1.29 is 14.1 Å². The van der Waals surface area contributed by atoms with Crippen molar-refractivity contribution in [2.24, 2.45) is 0 Å². The molecule has 3 aromatic carbocycles. The first kappa shape index (κ1) is 18.4. The molecule has 0 atom stereocenters. The largest absolute Gasteiger partial charge is 0.484 e. The molecule has 0 unspecified atom stereocenters. The van der Waals surface area contributed by atoms with Gasteiger partial charge >= 0.3 is 0 Å². The maximum absolute atomic E-state index is 12.1. The van der Waals surface area contributed by atoms with Gasteiger partial charge in [-0.15, -0.1) is 0 Å². The molecule has 0 spiro atoms. The number of carbonyl (C=O) groups is 1. The monoisotopic (exact) mass is 385 g/mol. The number of aryl methyl sites for hydroxylation is 1. The van der Waals surface area contributed by atoms with E-state index >= 15 is 0 Å². The highest BCUT2D eigenvalue weighted by Gasteiger charge is 2.11. The number of benzene rings is 3. The number of anilines is 1. The van der Waals surface area contributed by atoms with Crippen LogP contribution in [0.5, 0.6) is 5.75 Å². The van der Waals surface area contributed by atoms with Crippen molar-refractivity contribution in [3.63, 3.8) is 0 Å². The number of carbonyl (C=O) groups excluding carboxylic acids is 1. The lowest BCUT2D eigenvalue weighted by Crippen LogP contribution is -2.20. The fourth-order valence-electron chi connectivity index (χ4n) is 2.72. The van der Waals surface area contributed by atoms with Crippen molar-refractivity contribution in [3.8, 4) is 28.6 Å². The molecule has 4 aromatic rings. The first-order chi connectivity index (χ1) is 14.2. The number of hydrogen-bond donors (Lipinski definition) is 1. The van der Waals surface area contributed by atoms with Crippen LogP contribution in [0.2, 0.25) is 0 Å². The lowest BCUT2D eigenvalue weighted by atomic mass is 10.2. The summed E-state index contributed by atoms with van der Waals surface area (Å²) in [5.41, 5.74) is 3.46. The molecule has 144 valence electrons. The Morgan fingerprint density at radius 3 is 2.38 bits per heavy atom. The Hall–Kier alpha value is -3.93. The molecule has 1 aromatic heterocycles. The van der Waals surface area contributed by atoms with E-state index in [4.69, 9.17) is 9.26 Å². The van der Waals surface area contributed by atoms with E-state index in [9.17, 15) is 4.79 Å². The quantitative estimate of drug-likeness (QED) is 0.519. The first-order valence-corrected chi connectivity index (χ1v) is 9.16. The third-order valence-corrected chi connectivity index (χ3v) is 4.26. The Morgan fingerprint density at radius 1 is 0.931 bits per heavy atom. The lowest BCUT2D eigenvalue weighted by Gasteiger charge is -2.08. The second-order valence-corrected chi connectivity index (χ2v) is 6.52. The molecule has 0 fully saturated rings. The lowest BCUT2D eigenvalue weighted by molar-refractivity contribution is -0.118. The fourth-order valence-corrected chi connectivity index (χ4v) is 2.72. The number of amides is 1. The molecule has 0 saturated carbocycles. The molecule has 0 aliphatic heterocycles. The minimum Gasteiger partial charge on any atom is -0.484 e. The summed E-state index contributed by atoms with van der Waals surface area (Å²) < 4.78 is 10.8. The first-order valence-electron chi connectivity index (χ1n) is 9.16. The smallest absolute Gasteiger partial charge is 0.262 e. The molecule has 0 aliphatic rings. The summed E-state index contributed by atoms with van der Waals surface area (Å²) in [5, 5.41) is 6.82. The van der Waals surface area contributed by atoms with Gasteiger partial charge in [-0.1, -0.05) is 53.2 Å². The Balaban J connectivity index is 1.36. The molecule has 0 saturated heterocycles. The van der Waals surface area contributed by atoms with Gasteiger partial charge in [0, 0.05) is 16.8 Å². The van der Waals surface area contributed by atoms with Crippen LogP contribution in [0.3, 0.4) is 0 Å². The van der Waals surface area contributed by atoms with Gasteiger partial charge in [0.25, 0.3) is 11.8 Å². The summed E-state index contributed by atoms with van der Waals surface area (Å²) in [6.45, 7) is 1.94. The van der Waals surface area contributed by atoms with Crippen LogP contribution in [0.25, 0.3) is 22.8 Å². The van der Waals surface area contributed by atoms with Gasteiger partial charge in [-0.2, -0.15) is 4.98 Å². The topological polar surface area (TPSA) is 77.2 Å². The Bertz CT molecular complexity index is 1090. The Labute approximate surface area is 168 Å². The normalized spacial score (nSPS) is 10.5. The molecule has 4 rings (SSSR count). The Morgan fingerprint density at radius 2 is 1.66 bits per heavy atom. The van der Waals surface area contributed by atoms with Gasteiger partial charge in [-0.05, 0) is 43.3 Å². The highest BCUT2D eigenvalue weighted by atomic mass is 16.5. The predicted molar refractivity (Wildman–Crippen MR) is 110 cm³/mol. The third kappa shape index (κ3) is 4.68. The molecule has 29 heavy (non-hydrogen) atoms. The SMILES string of the molecule is Cc1ccc(OCC(=O)Nc2ccc(-c3nc(-c4ccccc4)no3)cc2)cc1. The van der Waals surface area contributed by atoms with Gasteiger partial charge in [0.1, 0.15) is 5.75 Å². The number of ether oxygens (including phenoxy) is 1. The van der Waals surface area contributed by atoms with Gasteiger partial charge in [0.05, 0.1) is 0 Å². The van der Waals surface area contributed by atoms with Crippen molar-refractivity contribution in [1.29, 1.82) is 0 Å². The zero-order valence-electron chi connectivity index (χ0n) is 15.8. The second kappa shape index (κ2) is 8.39. The van der Waals surface area contributed by atoms with Crippen LogP contribution < -0.4 is 10.1 Å². The number of hydrogen-bond acceptors (Lipinski definition) is 5. The molecular weight excluding hydrogens is 366 g/mol. The zero-order chi connectivity index (χ0) is 20.1. The highest BCUT2D eigenvalue weighted by molar-refractivity contribution is 5.92. The van der Waals surface area contributed by atoms with Gasteiger partial charge < -0.3 is 14.6 Å². The van der Waals surface area contributed by atoms with Gasteiger partial charge in [0.2, 0.25) is 5.82 Å². The van der Waals surface area contributed by atoms with Crippen molar-refractivity contribution in [1.82, 2.24) is 10.1 Å². The average Bonchev–Trinajstić information content (AvgIpc) is 3.25. The molecule has 1 amide bonds. The summed E-state index contributed by atoms with van der Waals surface area (Å²) in [5.74, 6) is 1.38. The minimum absolute atomic E-state index is 0.0606. The molecule has 6 heteroatoms. The Kier molecular flexibility index (Phi) is 5.33. The maximum Gasteiger partial charge on any atom is 0.262 e. The van der Waals surface area contributed by atoms with E-state index in [1.54, 1.807) is 12.1 Å².